The summed E-state index contributed by atoms with van der Waals surface area (Å²) >= 11 is 0. The Morgan fingerprint density at radius 2 is 1.79 bits per heavy atom. The third-order valence-electron chi connectivity index (χ3n) is 3.28. The molecule has 0 amide bonds. The number of rotatable bonds is 4. The number of hydrogen-bond donors (Lipinski definition) is 0. The highest BCUT2D eigenvalue weighted by Crippen LogP contribution is 2.17. The lowest BCUT2D eigenvalue weighted by atomic mass is 10.00. The Morgan fingerprint density at radius 3 is 2.33 bits per heavy atom. The Balaban J connectivity index is 2.81. The largest absolute Gasteiger partial charge is 0.762 e. The van der Waals surface area contributed by atoms with Crippen LogP contribution in [0.25, 0.3) is 11.1 Å². The molecule has 2 rings (SSSR count). The van der Waals surface area contributed by atoms with Crippen molar-refractivity contribution in [3.63, 3.8) is 0 Å². The molecule has 0 saturated heterocycles. The van der Waals surface area contributed by atoms with Crippen molar-refractivity contribution in [2.75, 3.05) is 0 Å². The summed E-state index contributed by atoms with van der Waals surface area (Å²) in [6, 6.07) is 15.5. The van der Waals surface area contributed by atoms with Crippen molar-refractivity contribution in [1.82, 2.24) is 0 Å². The summed E-state index contributed by atoms with van der Waals surface area (Å²) in [5, 5.41) is 27.7. The lowest BCUT2D eigenvalue weighted by Crippen LogP contribution is -2.37. The number of carbonyl (C=O) groups excluding carboxylic acids is 1. The molecule has 0 fully saturated rings. The van der Waals surface area contributed by atoms with Crippen LogP contribution in [0.3, 0.4) is 0 Å². The third-order valence-corrected chi connectivity index (χ3v) is 3.28. The Bertz CT molecular complexity index is 953. The van der Waals surface area contributed by atoms with Gasteiger partial charge in [-0.15, -0.1) is 0 Å². The Kier molecular flexibility index (Phi) is 5.16. The topological polar surface area (TPSA) is 90.8 Å². The van der Waals surface area contributed by atoms with E-state index in [0.717, 1.165) is 5.56 Å². The van der Waals surface area contributed by atoms with Gasteiger partial charge in [-0.3, -0.25) is 4.79 Å². The van der Waals surface area contributed by atoms with Crippen molar-refractivity contribution >= 4 is 17.4 Å². The summed E-state index contributed by atoms with van der Waals surface area (Å²) in [6.07, 6.45) is 3.27. The molecule has 114 valence electrons. The average molecular weight is 312 g/mol. The van der Waals surface area contributed by atoms with Crippen molar-refractivity contribution in [2.45, 2.75) is 6.92 Å². The van der Waals surface area contributed by atoms with Crippen molar-refractivity contribution in [1.29, 1.82) is 10.5 Å². The number of nitriles is 2. The first kappa shape index (κ1) is 16.6. The van der Waals surface area contributed by atoms with Gasteiger partial charge in [-0.25, -0.2) is 5.87 Å². The fraction of sp³-hybridized carbons (Fsp3) is 0.0526. The zero-order valence-electron chi connectivity index (χ0n) is 12.9. The molecule has 0 unspecified atom stereocenters. The number of hydrogen-bond acceptors (Lipinski definition) is 3. The highest BCUT2D eigenvalue weighted by atomic mass is 16.1. The molecule has 0 N–H and O–H groups in total. The van der Waals surface area contributed by atoms with Gasteiger partial charge in [-0.1, -0.05) is 30.3 Å². The lowest BCUT2D eigenvalue weighted by molar-refractivity contribution is -0.577. The number of ketones is 1. The number of Topliss-reactive ketones (excluding diaryl/α,β-unsaturated/α-hetero) is 1. The summed E-state index contributed by atoms with van der Waals surface area (Å²) in [5.41, 5.74) is 0.564. The molecule has 0 spiro atoms. The quantitative estimate of drug-likeness (QED) is 0.217. The first-order chi connectivity index (χ1) is 11.6. The monoisotopic (exact) mass is 312 g/mol. The van der Waals surface area contributed by atoms with E-state index in [1.807, 2.05) is 19.1 Å². The van der Waals surface area contributed by atoms with Gasteiger partial charge < -0.3 is 5.41 Å². The van der Waals surface area contributed by atoms with Crippen molar-refractivity contribution < 1.29 is 9.36 Å². The van der Waals surface area contributed by atoms with E-state index in [1.165, 1.54) is 4.57 Å². The molecule has 1 aromatic heterocycles. The predicted octanol–water partition coefficient (Wildman–Crippen LogP) is 2.59. The molecule has 2 aromatic rings. The average Bonchev–Trinajstić information content (AvgIpc) is 2.62. The van der Waals surface area contributed by atoms with Gasteiger partial charge >= 0.3 is 0 Å². The first-order valence-electron chi connectivity index (χ1n) is 7.02. The molecule has 0 aliphatic heterocycles. The molecule has 1 aromatic carbocycles. The number of aryl methyl sites for hydroxylation is 1. The zero-order valence-corrected chi connectivity index (χ0v) is 12.9. The molecule has 0 atom stereocenters. The number of aromatic nitrogens is 1. The van der Waals surface area contributed by atoms with Crippen LogP contribution in [-0.2, 0) is 0 Å². The van der Waals surface area contributed by atoms with Gasteiger partial charge in [0.05, 0.1) is 5.57 Å². The second-order valence-electron chi connectivity index (χ2n) is 4.92. The maximum atomic E-state index is 12.9. The summed E-state index contributed by atoms with van der Waals surface area (Å²) in [4.78, 5) is 12.9. The van der Waals surface area contributed by atoms with Crippen molar-refractivity contribution in [3.05, 3.63) is 82.5 Å². The first-order valence-corrected chi connectivity index (χ1v) is 7.02. The minimum absolute atomic E-state index is 0.0227. The number of allylic oxidation sites excluding steroid dienone is 3. The molecule has 0 bridgehead atoms. The van der Waals surface area contributed by atoms with Crippen LogP contribution in [0.4, 0.5) is 0 Å². The van der Waals surface area contributed by atoms with Gasteiger partial charge in [-0.2, -0.15) is 15.1 Å². The van der Waals surface area contributed by atoms with Gasteiger partial charge in [0.1, 0.15) is 12.1 Å². The molecule has 0 aliphatic rings. The maximum Gasteiger partial charge on any atom is 0.278 e. The minimum atomic E-state index is -0.439. The van der Waals surface area contributed by atoms with Crippen LogP contribution < -0.4 is 4.57 Å². The van der Waals surface area contributed by atoms with E-state index >= 15 is 0 Å². The molecule has 0 saturated carbocycles. The van der Waals surface area contributed by atoms with E-state index in [0.29, 0.717) is 5.56 Å². The number of nitrogens with zero attached hydrogens (tertiary/aromatic N) is 4. The molecular formula is C19H12N4O. The van der Waals surface area contributed by atoms with Crippen molar-refractivity contribution in [2.24, 2.45) is 0 Å². The fourth-order valence-corrected chi connectivity index (χ4v) is 2.18. The van der Waals surface area contributed by atoms with Crippen LogP contribution in [0.15, 0.2) is 66.0 Å². The van der Waals surface area contributed by atoms with E-state index < -0.39 is 11.4 Å². The summed E-state index contributed by atoms with van der Waals surface area (Å²) < 4.78 is 1.47. The van der Waals surface area contributed by atoms with E-state index in [2.05, 4.69) is 0 Å². The standard InChI is InChI=1S/C19H12N4O/c1-14-6-5-9-23(13-14)18(17(12-22)16(10-20)11-21)19(24)15-7-3-2-4-8-15/h2-9,13H,1H3/b18-17+. The zero-order chi connectivity index (χ0) is 17.5. The predicted molar refractivity (Wildman–Crippen MR) is 88.5 cm³/mol. The number of pyridine rings is 1. The third kappa shape index (κ3) is 3.34. The van der Waals surface area contributed by atoms with E-state index in [1.54, 1.807) is 60.7 Å². The van der Waals surface area contributed by atoms with Gasteiger partial charge in [0.25, 0.3) is 11.5 Å². The van der Waals surface area contributed by atoms with Gasteiger partial charge in [-0.05, 0) is 13.0 Å². The van der Waals surface area contributed by atoms with Crippen LogP contribution in [0.2, 0.25) is 0 Å². The fourth-order valence-electron chi connectivity index (χ4n) is 2.18. The second kappa shape index (κ2) is 7.47. The molecule has 5 nitrogen and oxygen atoms in total. The highest BCUT2D eigenvalue weighted by Gasteiger charge is 2.28. The van der Waals surface area contributed by atoms with Crippen molar-refractivity contribution in [3.8, 4) is 12.1 Å². The molecule has 1 heterocycles. The highest BCUT2D eigenvalue weighted by molar-refractivity contribution is 6.23. The Hall–Kier alpha value is -3.79. The van der Waals surface area contributed by atoms with E-state index in [9.17, 15) is 10.1 Å². The molecule has 0 aliphatic carbocycles. The Labute approximate surface area is 139 Å². The van der Waals surface area contributed by atoms with E-state index in [-0.39, 0.29) is 11.3 Å². The van der Waals surface area contributed by atoms with Gasteiger partial charge in [0.2, 0.25) is 0 Å². The molecule has 5 heteroatoms. The second-order valence-corrected chi connectivity index (χ2v) is 4.92. The van der Waals surface area contributed by atoms with Crippen LogP contribution in [0.1, 0.15) is 15.9 Å². The van der Waals surface area contributed by atoms with Gasteiger partial charge in [0.15, 0.2) is 18.0 Å². The summed E-state index contributed by atoms with van der Waals surface area (Å²) in [5.74, 6) is 1.24. The van der Waals surface area contributed by atoms with Crippen LogP contribution in [0, 0.1) is 29.6 Å². The SMILES string of the molecule is Cc1ccc[n+](/C(C(=O)c2ccccc2)=C(\C#N)C(=C=[N-])C#N)c1. The summed E-state index contributed by atoms with van der Waals surface area (Å²) in [7, 11) is 0. The summed E-state index contributed by atoms with van der Waals surface area (Å²) in [6.45, 7) is 1.84. The molecular weight excluding hydrogens is 300 g/mol. The van der Waals surface area contributed by atoms with Gasteiger partial charge in [0, 0.05) is 17.2 Å². The van der Waals surface area contributed by atoms with E-state index in [4.69, 9.17) is 10.7 Å². The normalized spacial score (nSPS) is 10.6. The van der Waals surface area contributed by atoms with Crippen LogP contribution in [-0.4, -0.2) is 11.7 Å². The minimum Gasteiger partial charge on any atom is -0.762 e. The number of benzene rings is 1. The smallest absolute Gasteiger partial charge is 0.278 e. The van der Waals surface area contributed by atoms with Crippen LogP contribution in [0.5, 0.6) is 0 Å². The molecule has 24 heavy (non-hydrogen) atoms. The maximum absolute atomic E-state index is 12.9. The molecule has 0 radical (unpaired) electrons. The number of carbonyl (C=O) groups is 1. The Morgan fingerprint density at radius 1 is 1.08 bits per heavy atom. The lowest BCUT2D eigenvalue weighted by Gasteiger charge is -2.05. The van der Waals surface area contributed by atoms with Crippen LogP contribution >= 0.6 is 0 Å².